The fraction of sp³-hybridized carbons (Fsp3) is 0.350. The molecule has 29 heavy (non-hydrogen) atoms. The number of nitrogens with zero attached hydrogens (tertiary/aromatic N) is 1. The highest BCUT2D eigenvalue weighted by Gasteiger charge is 2.13. The first-order chi connectivity index (χ1) is 14.0. The lowest BCUT2D eigenvalue weighted by molar-refractivity contribution is -0.119. The molecule has 2 aromatic carbocycles. The molecule has 0 aliphatic heterocycles. The number of carbonyl (C=O) groups is 1. The first-order valence-corrected chi connectivity index (χ1v) is 11.4. The number of rotatable bonds is 12. The number of nitrogens with one attached hydrogen (secondary N) is 1. The van der Waals surface area contributed by atoms with E-state index in [2.05, 4.69) is 4.72 Å². The molecule has 9 heteroatoms. The van der Waals surface area contributed by atoms with Crippen LogP contribution in [0.3, 0.4) is 0 Å². The van der Waals surface area contributed by atoms with Crippen LogP contribution < -0.4 is 19.1 Å². The van der Waals surface area contributed by atoms with Gasteiger partial charge in [-0.3, -0.25) is 9.52 Å². The van der Waals surface area contributed by atoms with Crippen molar-refractivity contribution < 1.29 is 14.3 Å². The van der Waals surface area contributed by atoms with Crippen LogP contribution in [0.5, 0.6) is 11.5 Å². The molecule has 0 radical (unpaired) electrons. The Balaban J connectivity index is 2.02. The second-order valence-corrected chi connectivity index (χ2v) is 7.92. The highest BCUT2D eigenvalue weighted by atomic mass is 35.5. The molecule has 2 aromatic rings. The smallest absolute Gasteiger partial charge is 0.184 e. The maximum absolute atomic E-state index is 11.7. The van der Waals surface area contributed by atoms with Crippen LogP contribution in [-0.4, -0.2) is 44.7 Å². The maximum atomic E-state index is 11.7. The number of carbonyl (C=O) groups excluding carboxylic acids is 1. The third-order valence-electron chi connectivity index (χ3n) is 3.93. The number of halogens is 3. The van der Waals surface area contributed by atoms with Gasteiger partial charge in [0.1, 0.15) is 12.4 Å². The summed E-state index contributed by atoms with van der Waals surface area (Å²) in [5.74, 6) is 1.58. The van der Waals surface area contributed by atoms with Gasteiger partial charge in [0.25, 0.3) is 0 Å². The van der Waals surface area contributed by atoms with Crippen LogP contribution in [-0.2, 0) is 4.79 Å². The van der Waals surface area contributed by atoms with E-state index in [1.54, 1.807) is 12.1 Å². The number of alkyl halides is 1. The number of anilines is 2. The van der Waals surface area contributed by atoms with E-state index in [0.717, 1.165) is 11.4 Å². The largest absolute Gasteiger partial charge is 0.490 e. The van der Waals surface area contributed by atoms with Crippen molar-refractivity contribution in [1.82, 2.24) is 4.72 Å². The maximum Gasteiger partial charge on any atom is 0.184 e. The number of hydrogen-bond donors (Lipinski definition) is 1. The van der Waals surface area contributed by atoms with Gasteiger partial charge in [0.15, 0.2) is 11.5 Å². The predicted molar refractivity (Wildman–Crippen MR) is 124 cm³/mol. The minimum atomic E-state index is -0.0156. The fourth-order valence-corrected chi connectivity index (χ4v) is 3.39. The number of ketones is 1. The van der Waals surface area contributed by atoms with Gasteiger partial charge in [0.05, 0.1) is 23.2 Å². The first kappa shape index (κ1) is 24.0. The molecule has 0 aliphatic rings. The van der Waals surface area contributed by atoms with Gasteiger partial charge in [-0.25, -0.2) is 0 Å². The average molecular weight is 478 g/mol. The predicted octanol–water partition coefficient (Wildman–Crippen LogP) is 5.58. The Hall–Kier alpha value is -1.31. The van der Waals surface area contributed by atoms with Gasteiger partial charge in [-0.2, -0.15) is 0 Å². The van der Waals surface area contributed by atoms with Gasteiger partial charge < -0.3 is 14.4 Å². The molecule has 0 unspecified atom stereocenters. The summed E-state index contributed by atoms with van der Waals surface area (Å²) >= 11 is 19.8. The molecule has 5 nitrogen and oxygen atoms in total. The SMILES string of the molecule is CSNCC(=O)COc1ccc(N(C)c2cc(Cl)c(OCCCCl)c(Cl)c2)cc1. The number of benzene rings is 2. The second kappa shape index (κ2) is 12.4. The summed E-state index contributed by atoms with van der Waals surface area (Å²) in [4.78, 5) is 13.6. The summed E-state index contributed by atoms with van der Waals surface area (Å²) in [5.41, 5.74) is 1.73. The van der Waals surface area contributed by atoms with Crippen molar-refractivity contribution in [2.24, 2.45) is 0 Å². The quantitative estimate of drug-likeness (QED) is 0.244. The van der Waals surface area contributed by atoms with E-state index in [9.17, 15) is 4.79 Å². The van der Waals surface area contributed by atoms with Crippen molar-refractivity contribution in [2.45, 2.75) is 6.42 Å². The first-order valence-electron chi connectivity index (χ1n) is 8.88. The highest BCUT2D eigenvalue weighted by Crippen LogP contribution is 2.38. The third kappa shape index (κ3) is 7.46. The van der Waals surface area contributed by atoms with Crippen molar-refractivity contribution in [1.29, 1.82) is 0 Å². The van der Waals surface area contributed by atoms with Gasteiger partial charge in [-0.05, 0) is 49.1 Å². The van der Waals surface area contributed by atoms with E-state index in [-0.39, 0.29) is 18.9 Å². The number of hydrogen-bond acceptors (Lipinski definition) is 6. The Morgan fingerprint density at radius 1 is 1.10 bits per heavy atom. The Morgan fingerprint density at radius 2 is 1.76 bits per heavy atom. The molecular weight excluding hydrogens is 455 g/mol. The summed E-state index contributed by atoms with van der Waals surface area (Å²) in [6.07, 6.45) is 2.58. The van der Waals surface area contributed by atoms with Gasteiger partial charge in [-0.15, -0.1) is 11.6 Å². The van der Waals surface area contributed by atoms with Crippen LogP contribution in [0.1, 0.15) is 6.42 Å². The van der Waals surface area contributed by atoms with Gasteiger partial charge >= 0.3 is 0 Å². The Labute approximate surface area is 190 Å². The van der Waals surface area contributed by atoms with Crippen LogP contribution in [0.25, 0.3) is 0 Å². The Bertz CT molecular complexity index is 783. The number of Topliss-reactive ketones (excluding diaryl/α,β-unsaturated/α-hetero) is 1. The summed E-state index contributed by atoms with van der Waals surface area (Å²) in [6, 6.07) is 11.0. The van der Waals surface area contributed by atoms with E-state index in [0.29, 0.717) is 40.5 Å². The monoisotopic (exact) mass is 476 g/mol. The van der Waals surface area contributed by atoms with Gasteiger partial charge in [0.2, 0.25) is 0 Å². The molecule has 158 valence electrons. The molecule has 0 heterocycles. The van der Waals surface area contributed by atoms with Crippen molar-refractivity contribution in [2.75, 3.05) is 43.8 Å². The zero-order valence-corrected chi connectivity index (χ0v) is 19.3. The number of ether oxygens (including phenoxy) is 2. The molecule has 0 atom stereocenters. The van der Waals surface area contributed by atoms with Crippen molar-refractivity contribution >= 4 is 63.9 Å². The molecule has 2 rings (SSSR count). The Morgan fingerprint density at radius 3 is 2.34 bits per heavy atom. The van der Waals surface area contributed by atoms with Crippen molar-refractivity contribution in [3.05, 3.63) is 46.4 Å². The molecule has 0 amide bonds. The van der Waals surface area contributed by atoms with Crippen LogP contribution in [0.15, 0.2) is 36.4 Å². The molecule has 0 aromatic heterocycles. The normalized spacial score (nSPS) is 10.7. The molecule has 1 N–H and O–H groups in total. The summed E-state index contributed by atoms with van der Waals surface area (Å²) in [7, 11) is 1.91. The molecule has 0 bridgehead atoms. The van der Waals surface area contributed by atoms with Gasteiger partial charge in [0, 0.05) is 24.3 Å². The molecule has 0 saturated heterocycles. The van der Waals surface area contributed by atoms with Crippen LogP contribution in [0, 0.1) is 0 Å². The molecule has 0 fully saturated rings. The summed E-state index contributed by atoms with van der Waals surface area (Å²) < 4.78 is 14.0. The topological polar surface area (TPSA) is 50.8 Å². The minimum Gasteiger partial charge on any atom is -0.490 e. The average Bonchev–Trinajstić information content (AvgIpc) is 2.72. The lowest BCUT2D eigenvalue weighted by Crippen LogP contribution is -2.22. The van der Waals surface area contributed by atoms with Gasteiger partial charge in [-0.1, -0.05) is 35.1 Å². The molecule has 0 aliphatic carbocycles. The highest BCUT2D eigenvalue weighted by molar-refractivity contribution is 7.96. The van der Waals surface area contributed by atoms with E-state index in [1.165, 1.54) is 11.9 Å². The Kier molecular flexibility index (Phi) is 10.2. The zero-order valence-electron chi connectivity index (χ0n) is 16.2. The zero-order chi connectivity index (χ0) is 21.2. The summed E-state index contributed by atoms with van der Waals surface area (Å²) in [6.45, 7) is 0.754. The summed E-state index contributed by atoms with van der Waals surface area (Å²) in [5, 5.41) is 0.873. The second-order valence-electron chi connectivity index (χ2n) is 6.04. The lowest BCUT2D eigenvalue weighted by atomic mass is 10.2. The standard InChI is InChI=1S/C20H23Cl3N2O3S/c1-25(15-10-18(22)20(19(23)11-15)27-9-3-8-21)14-4-6-17(7-5-14)28-13-16(26)12-24-29-2/h4-7,10-11,24H,3,8-9,12-13H2,1-2H3. The van der Waals surface area contributed by atoms with E-state index < -0.39 is 0 Å². The molecule has 0 saturated carbocycles. The van der Waals surface area contributed by atoms with E-state index in [4.69, 9.17) is 44.3 Å². The fourth-order valence-electron chi connectivity index (χ4n) is 2.39. The third-order valence-corrected chi connectivity index (χ3v) is 5.19. The molecule has 0 spiro atoms. The van der Waals surface area contributed by atoms with Crippen LogP contribution in [0.2, 0.25) is 10.0 Å². The van der Waals surface area contributed by atoms with E-state index >= 15 is 0 Å². The molecular formula is C20H23Cl3N2O3S. The van der Waals surface area contributed by atoms with Crippen LogP contribution >= 0.6 is 46.8 Å². The van der Waals surface area contributed by atoms with E-state index in [1.807, 2.05) is 42.5 Å². The van der Waals surface area contributed by atoms with Crippen molar-refractivity contribution in [3.63, 3.8) is 0 Å². The lowest BCUT2D eigenvalue weighted by Gasteiger charge is -2.21. The van der Waals surface area contributed by atoms with Crippen molar-refractivity contribution in [3.8, 4) is 11.5 Å². The minimum absolute atomic E-state index is 0.0156. The van der Waals surface area contributed by atoms with Crippen LogP contribution in [0.4, 0.5) is 11.4 Å².